The number of pyridine rings is 1. The predicted molar refractivity (Wildman–Crippen MR) is 121 cm³/mol. The molecule has 1 saturated heterocycles. The van der Waals surface area contributed by atoms with Crippen LogP contribution in [0.1, 0.15) is 36.8 Å². The fraction of sp³-hybridized carbons (Fsp3) is 0.400. The van der Waals surface area contributed by atoms with Gasteiger partial charge in [0, 0.05) is 34.8 Å². The summed E-state index contributed by atoms with van der Waals surface area (Å²) in [6.45, 7) is 2.22. The summed E-state index contributed by atoms with van der Waals surface area (Å²) in [5.41, 5.74) is 7.88. The predicted octanol–water partition coefficient (Wildman–Crippen LogP) is 4.73. The number of aryl methyl sites for hydroxylation is 3. The Bertz CT molecular complexity index is 1040. The summed E-state index contributed by atoms with van der Waals surface area (Å²) in [5, 5.41) is 1.78. The quantitative estimate of drug-likeness (QED) is 0.460. The summed E-state index contributed by atoms with van der Waals surface area (Å²) in [7, 11) is 0.983. The van der Waals surface area contributed by atoms with Crippen molar-refractivity contribution in [3.05, 3.63) is 60.3 Å². The molecule has 2 aromatic heterocycles. The van der Waals surface area contributed by atoms with E-state index in [-0.39, 0.29) is 0 Å². The molecule has 3 nitrogen and oxygen atoms in total. The zero-order chi connectivity index (χ0) is 19.8. The molecule has 4 heterocycles. The van der Waals surface area contributed by atoms with Crippen molar-refractivity contribution in [1.29, 1.82) is 0 Å². The molecular weight excluding hydrogens is 370 g/mol. The summed E-state index contributed by atoms with van der Waals surface area (Å²) in [5.74, 6) is 0. The molecule has 29 heavy (non-hydrogen) atoms. The lowest BCUT2D eigenvalue weighted by atomic mass is 9.97. The van der Waals surface area contributed by atoms with Gasteiger partial charge in [0.1, 0.15) is 13.4 Å². The standard InChI is InChI=1S/C25H30N3Si/c1-19-8-9-20(22-15-26-18-27-16-22)13-23(19)24-14-21-7-6-12-29(10-4-3-5-11-29)25(21)17-28(24)2/h8-9,13-18H,3-7,10-12H2,1-2H3/q+1. The lowest BCUT2D eigenvalue weighted by Crippen LogP contribution is -2.55. The van der Waals surface area contributed by atoms with Crippen molar-refractivity contribution in [3.63, 3.8) is 0 Å². The van der Waals surface area contributed by atoms with Gasteiger partial charge in [-0.05, 0) is 36.1 Å². The second-order valence-corrected chi connectivity index (χ2v) is 13.7. The molecule has 1 spiro atoms. The highest BCUT2D eigenvalue weighted by Crippen LogP contribution is 2.37. The minimum absolute atomic E-state index is 1.07. The Morgan fingerprint density at radius 2 is 1.66 bits per heavy atom. The van der Waals surface area contributed by atoms with Gasteiger partial charge in [-0.2, -0.15) is 0 Å². The molecule has 2 aliphatic rings. The minimum Gasteiger partial charge on any atom is -0.244 e. The number of benzene rings is 1. The minimum atomic E-state index is -1.26. The fourth-order valence-corrected chi connectivity index (χ4v) is 11.3. The van der Waals surface area contributed by atoms with Gasteiger partial charge in [-0.15, -0.1) is 0 Å². The van der Waals surface area contributed by atoms with Crippen LogP contribution in [-0.2, 0) is 13.5 Å². The van der Waals surface area contributed by atoms with E-state index in [1.165, 1.54) is 72.6 Å². The third kappa shape index (κ3) is 3.33. The van der Waals surface area contributed by atoms with Gasteiger partial charge in [0.05, 0.1) is 8.07 Å². The van der Waals surface area contributed by atoms with Crippen LogP contribution in [0.4, 0.5) is 0 Å². The Hall–Kier alpha value is -2.33. The number of nitrogens with zero attached hydrogens (tertiary/aromatic N) is 3. The number of hydrogen-bond acceptors (Lipinski definition) is 2. The Labute approximate surface area is 174 Å². The molecule has 0 amide bonds. The molecule has 0 atom stereocenters. The third-order valence-electron chi connectivity index (χ3n) is 7.25. The topological polar surface area (TPSA) is 29.7 Å². The Morgan fingerprint density at radius 1 is 0.897 bits per heavy atom. The van der Waals surface area contributed by atoms with E-state index in [1.807, 2.05) is 12.4 Å². The number of fused-ring (bicyclic) bond motifs is 2. The SMILES string of the molecule is Cc1ccc(-c2cncnc2)cc1-c1cc2c(c[n+]1C)[Si]1(CCCCC1)CCC2. The van der Waals surface area contributed by atoms with E-state index in [4.69, 9.17) is 0 Å². The van der Waals surface area contributed by atoms with Crippen molar-refractivity contribution in [2.75, 3.05) is 0 Å². The molecular formula is C25H30N3Si+. The van der Waals surface area contributed by atoms with Crippen molar-refractivity contribution in [3.8, 4) is 22.4 Å². The average Bonchev–Trinajstić information content (AvgIpc) is 2.76. The van der Waals surface area contributed by atoms with Crippen LogP contribution in [0, 0.1) is 6.92 Å². The fourth-order valence-electron chi connectivity index (χ4n) is 5.67. The third-order valence-corrected chi connectivity index (χ3v) is 12.8. The molecule has 2 aliphatic heterocycles. The maximum Gasteiger partial charge on any atom is 0.212 e. The zero-order valence-corrected chi connectivity index (χ0v) is 18.6. The van der Waals surface area contributed by atoms with Gasteiger partial charge < -0.3 is 0 Å². The molecule has 4 heteroatoms. The molecule has 0 aliphatic carbocycles. The van der Waals surface area contributed by atoms with Crippen LogP contribution in [0.25, 0.3) is 22.4 Å². The second kappa shape index (κ2) is 7.49. The van der Waals surface area contributed by atoms with Crippen LogP contribution in [0.5, 0.6) is 0 Å². The smallest absolute Gasteiger partial charge is 0.212 e. The van der Waals surface area contributed by atoms with E-state index in [0.717, 1.165) is 5.56 Å². The van der Waals surface area contributed by atoms with Gasteiger partial charge in [0.2, 0.25) is 5.69 Å². The van der Waals surface area contributed by atoms with Gasteiger partial charge in [-0.3, -0.25) is 0 Å². The summed E-state index contributed by atoms with van der Waals surface area (Å²) in [6, 6.07) is 13.8. The number of hydrogen-bond donors (Lipinski definition) is 0. The monoisotopic (exact) mass is 400 g/mol. The lowest BCUT2D eigenvalue weighted by Gasteiger charge is -2.39. The molecule has 5 rings (SSSR count). The molecule has 0 radical (unpaired) electrons. The first-order valence-corrected chi connectivity index (χ1v) is 13.7. The molecule has 0 unspecified atom stereocenters. The van der Waals surface area contributed by atoms with Crippen molar-refractivity contribution in [2.45, 2.75) is 57.2 Å². The van der Waals surface area contributed by atoms with Crippen LogP contribution < -0.4 is 9.75 Å². The van der Waals surface area contributed by atoms with Crippen LogP contribution in [0.3, 0.4) is 0 Å². The van der Waals surface area contributed by atoms with Gasteiger partial charge in [-0.25, -0.2) is 14.5 Å². The first-order chi connectivity index (χ1) is 14.2. The maximum absolute atomic E-state index is 4.20. The Kier molecular flexibility index (Phi) is 4.82. The summed E-state index contributed by atoms with van der Waals surface area (Å²) in [4.78, 5) is 8.40. The van der Waals surface area contributed by atoms with Crippen LogP contribution in [0.15, 0.2) is 49.2 Å². The number of rotatable bonds is 2. The summed E-state index contributed by atoms with van der Waals surface area (Å²) < 4.78 is 2.40. The first-order valence-electron chi connectivity index (χ1n) is 11.1. The van der Waals surface area contributed by atoms with E-state index in [2.05, 4.69) is 59.0 Å². The molecule has 3 aromatic rings. The molecule has 0 saturated carbocycles. The maximum atomic E-state index is 4.20. The highest BCUT2D eigenvalue weighted by Gasteiger charge is 2.41. The molecule has 0 bridgehead atoms. The van der Waals surface area contributed by atoms with Crippen LogP contribution in [-0.4, -0.2) is 18.0 Å². The van der Waals surface area contributed by atoms with Gasteiger partial charge in [-0.1, -0.05) is 55.9 Å². The van der Waals surface area contributed by atoms with Gasteiger partial charge >= 0.3 is 0 Å². The van der Waals surface area contributed by atoms with E-state index in [1.54, 1.807) is 17.1 Å². The summed E-state index contributed by atoms with van der Waals surface area (Å²) >= 11 is 0. The molecule has 148 valence electrons. The highest BCUT2D eigenvalue weighted by atomic mass is 28.3. The van der Waals surface area contributed by atoms with Crippen molar-refractivity contribution in [1.82, 2.24) is 9.97 Å². The largest absolute Gasteiger partial charge is 0.244 e. The zero-order valence-electron chi connectivity index (χ0n) is 17.6. The normalized spacial score (nSPS) is 17.9. The molecule has 1 aromatic carbocycles. The molecule has 1 fully saturated rings. The van der Waals surface area contributed by atoms with Crippen molar-refractivity contribution in [2.24, 2.45) is 7.05 Å². The summed E-state index contributed by atoms with van der Waals surface area (Å²) in [6.07, 6.45) is 14.9. The van der Waals surface area contributed by atoms with Gasteiger partial charge in [0.15, 0.2) is 6.20 Å². The average molecular weight is 401 g/mol. The van der Waals surface area contributed by atoms with Crippen LogP contribution in [0.2, 0.25) is 18.1 Å². The second-order valence-electron chi connectivity index (χ2n) is 9.06. The number of aromatic nitrogens is 3. The van der Waals surface area contributed by atoms with E-state index in [0.29, 0.717) is 0 Å². The van der Waals surface area contributed by atoms with E-state index in [9.17, 15) is 0 Å². The Morgan fingerprint density at radius 3 is 2.45 bits per heavy atom. The Balaban J connectivity index is 1.61. The van der Waals surface area contributed by atoms with Crippen LogP contribution >= 0.6 is 0 Å². The first kappa shape index (κ1) is 18.7. The van der Waals surface area contributed by atoms with Gasteiger partial charge in [0.25, 0.3) is 0 Å². The van der Waals surface area contributed by atoms with Crippen molar-refractivity contribution >= 4 is 13.3 Å². The van der Waals surface area contributed by atoms with E-state index >= 15 is 0 Å². The highest BCUT2D eigenvalue weighted by molar-refractivity contribution is 6.92. The lowest BCUT2D eigenvalue weighted by molar-refractivity contribution is -0.659. The van der Waals surface area contributed by atoms with Crippen molar-refractivity contribution < 1.29 is 4.57 Å². The molecule has 0 N–H and O–H groups in total. The van der Waals surface area contributed by atoms with E-state index < -0.39 is 8.07 Å².